The van der Waals surface area contributed by atoms with E-state index >= 15 is 0 Å². The third-order valence-electron chi connectivity index (χ3n) is 5.76. The summed E-state index contributed by atoms with van der Waals surface area (Å²) in [5, 5.41) is 0. The second-order valence-electron chi connectivity index (χ2n) is 8.41. The number of nitrogens with one attached hydrogen (secondary N) is 1. The van der Waals surface area contributed by atoms with Gasteiger partial charge in [-0.1, -0.05) is 28.1 Å². The molecule has 2 saturated heterocycles. The molecule has 2 unspecified atom stereocenters. The normalized spacial score (nSPS) is 30.3. The summed E-state index contributed by atoms with van der Waals surface area (Å²) in [6.07, 6.45) is 4.94. The van der Waals surface area contributed by atoms with Crippen LogP contribution in [0.2, 0.25) is 0 Å². The standard InChI is InChI=1S/C19H29BrN2OS/c1-18(2,3)24(23)21-17(15-6-5-7-16(20)12-15)19-10-8-14(9-11-19)13-22(19)4/h5-7,12,14,17,21H,8-11,13H2,1-4H3. The van der Waals surface area contributed by atoms with Crippen molar-refractivity contribution in [3.8, 4) is 0 Å². The quantitative estimate of drug-likeness (QED) is 0.743. The van der Waals surface area contributed by atoms with Crippen LogP contribution in [0, 0.1) is 5.92 Å². The number of hydrogen-bond donors (Lipinski definition) is 1. The summed E-state index contributed by atoms with van der Waals surface area (Å²) in [5.74, 6) is 0.841. The number of likely N-dealkylation sites (N-methyl/N-ethyl adjacent to an activating group) is 1. The molecule has 5 heteroatoms. The lowest BCUT2D eigenvalue weighted by atomic mass is 9.66. The first-order chi connectivity index (χ1) is 11.2. The minimum absolute atomic E-state index is 0.0659. The van der Waals surface area contributed by atoms with E-state index in [4.69, 9.17) is 0 Å². The van der Waals surface area contributed by atoms with Crippen LogP contribution >= 0.6 is 15.9 Å². The van der Waals surface area contributed by atoms with Gasteiger partial charge in [0.2, 0.25) is 0 Å². The van der Waals surface area contributed by atoms with Gasteiger partial charge >= 0.3 is 0 Å². The number of nitrogens with zero attached hydrogens (tertiary/aromatic N) is 1. The molecule has 1 aromatic carbocycles. The Morgan fingerprint density at radius 2 is 2.00 bits per heavy atom. The molecule has 2 bridgehead atoms. The summed E-state index contributed by atoms with van der Waals surface area (Å²) in [5.41, 5.74) is 1.30. The van der Waals surface area contributed by atoms with Gasteiger partial charge < -0.3 is 4.55 Å². The van der Waals surface area contributed by atoms with Gasteiger partial charge in [0.1, 0.15) is 4.75 Å². The van der Waals surface area contributed by atoms with E-state index in [2.05, 4.69) is 56.9 Å². The Balaban J connectivity index is 1.98. The van der Waals surface area contributed by atoms with Crippen LogP contribution in [0.25, 0.3) is 0 Å². The van der Waals surface area contributed by atoms with Crippen LogP contribution < -0.4 is 4.72 Å². The van der Waals surface area contributed by atoms with Crippen molar-refractivity contribution in [3.05, 3.63) is 34.3 Å². The summed E-state index contributed by atoms with van der Waals surface area (Å²) in [4.78, 5) is 2.53. The van der Waals surface area contributed by atoms with Gasteiger partial charge in [-0.05, 0) is 77.1 Å². The van der Waals surface area contributed by atoms with Crippen molar-refractivity contribution in [1.82, 2.24) is 9.62 Å². The molecular formula is C19H29BrN2OS. The molecular weight excluding hydrogens is 384 g/mol. The van der Waals surface area contributed by atoms with Crippen molar-refractivity contribution < 1.29 is 4.55 Å². The Labute approximate surface area is 158 Å². The van der Waals surface area contributed by atoms with Crippen molar-refractivity contribution >= 4 is 27.3 Å². The van der Waals surface area contributed by atoms with Gasteiger partial charge in [-0.25, -0.2) is 0 Å². The lowest BCUT2D eigenvalue weighted by Crippen LogP contribution is -2.63. The van der Waals surface area contributed by atoms with Crippen LogP contribution in [0.1, 0.15) is 58.1 Å². The minimum Gasteiger partial charge on any atom is -0.598 e. The molecule has 3 nitrogen and oxygen atoms in total. The largest absolute Gasteiger partial charge is 0.598 e. The number of hydrogen-bond acceptors (Lipinski definition) is 3. The highest BCUT2D eigenvalue weighted by Gasteiger charge is 2.52. The molecule has 0 radical (unpaired) electrons. The first-order valence-corrected chi connectivity index (χ1v) is 10.8. The Kier molecular flexibility index (Phi) is 5.39. The number of piperidine rings is 2. The molecule has 0 spiro atoms. The molecule has 1 aromatic rings. The summed E-state index contributed by atoms with van der Waals surface area (Å²) in [7, 11) is 2.25. The second kappa shape index (κ2) is 6.92. The monoisotopic (exact) mass is 412 g/mol. The maximum absolute atomic E-state index is 12.9. The van der Waals surface area contributed by atoms with Crippen molar-refractivity contribution in [2.24, 2.45) is 5.92 Å². The molecule has 3 fully saturated rings. The first-order valence-electron chi connectivity index (χ1n) is 8.87. The van der Waals surface area contributed by atoms with E-state index in [1.165, 1.54) is 31.2 Å². The molecule has 2 heterocycles. The van der Waals surface area contributed by atoms with E-state index in [-0.39, 0.29) is 16.3 Å². The average molecular weight is 413 g/mol. The van der Waals surface area contributed by atoms with Crippen LogP contribution in [0.15, 0.2) is 28.7 Å². The Morgan fingerprint density at radius 1 is 1.33 bits per heavy atom. The lowest BCUT2D eigenvalue weighted by Gasteiger charge is -2.56. The Morgan fingerprint density at radius 3 is 2.54 bits per heavy atom. The topological polar surface area (TPSA) is 38.3 Å². The molecule has 1 saturated carbocycles. The van der Waals surface area contributed by atoms with E-state index in [1.807, 2.05) is 20.8 Å². The average Bonchev–Trinajstić information content (AvgIpc) is 2.52. The highest BCUT2D eigenvalue weighted by Crippen LogP contribution is 2.49. The first kappa shape index (κ1) is 18.7. The highest BCUT2D eigenvalue weighted by molar-refractivity contribution is 9.10. The van der Waals surface area contributed by atoms with Gasteiger partial charge in [-0.15, -0.1) is 4.72 Å². The van der Waals surface area contributed by atoms with E-state index in [9.17, 15) is 4.55 Å². The number of fused-ring (bicyclic) bond motifs is 3. The Bertz CT molecular complexity index is 581. The van der Waals surface area contributed by atoms with Gasteiger partial charge in [0.05, 0.1) is 6.04 Å². The zero-order chi connectivity index (χ0) is 17.5. The SMILES string of the molecule is CN1CC2CCC1(C(N[S+]([O-])C(C)(C)C)c1cccc(Br)c1)CC2. The molecule has 2 atom stereocenters. The molecule has 134 valence electrons. The number of rotatable bonds is 4. The molecule has 24 heavy (non-hydrogen) atoms. The maximum atomic E-state index is 12.9. The van der Waals surface area contributed by atoms with Crippen LogP contribution in [0.3, 0.4) is 0 Å². The van der Waals surface area contributed by atoms with Gasteiger partial charge in [-0.3, -0.25) is 4.90 Å². The van der Waals surface area contributed by atoms with Crippen LogP contribution in [-0.4, -0.2) is 33.3 Å². The van der Waals surface area contributed by atoms with E-state index < -0.39 is 11.4 Å². The second-order valence-corrected chi connectivity index (χ2v) is 11.3. The fourth-order valence-electron chi connectivity index (χ4n) is 4.28. The predicted octanol–water partition coefficient (Wildman–Crippen LogP) is 4.42. The summed E-state index contributed by atoms with van der Waals surface area (Å²) in [6, 6.07) is 8.58. The zero-order valence-corrected chi connectivity index (χ0v) is 17.5. The molecule has 1 N–H and O–H groups in total. The minimum atomic E-state index is -1.09. The summed E-state index contributed by atoms with van der Waals surface area (Å²) >= 11 is 2.51. The molecule has 1 aliphatic carbocycles. The van der Waals surface area contributed by atoms with Crippen LogP contribution in [0.5, 0.6) is 0 Å². The fraction of sp³-hybridized carbons (Fsp3) is 0.684. The molecule has 2 aliphatic heterocycles. The van der Waals surface area contributed by atoms with Crippen LogP contribution in [-0.2, 0) is 11.4 Å². The number of benzene rings is 1. The van der Waals surface area contributed by atoms with Crippen molar-refractivity contribution in [2.75, 3.05) is 13.6 Å². The van der Waals surface area contributed by atoms with Crippen LogP contribution in [0.4, 0.5) is 0 Å². The van der Waals surface area contributed by atoms with Crippen molar-refractivity contribution in [2.45, 2.75) is 62.8 Å². The predicted molar refractivity (Wildman–Crippen MR) is 105 cm³/mol. The molecule has 4 rings (SSSR count). The summed E-state index contributed by atoms with van der Waals surface area (Å²) < 4.78 is 17.3. The maximum Gasteiger partial charge on any atom is 0.136 e. The molecule has 0 aromatic heterocycles. The van der Waals surface area contributed by atoms with Gasteiger partial charge in [0, 0.05) is 27.9 Å². The number of halogens is 1. The third kappa shape index (κ3) is 3.56. The van der Waals surface area contributed by atoms with Crippen molar-refractivity contribution in [1.29, 1.82) is 0 Å². The van der Waals surface area contributed by atoms with E-state index in [0.717, 1.165) is 16.9 Å². The van der Waals surface area contributed by atoms with Gasteiger partial charge in [0.25, 0.3) is 0 Å². The third-order valence-corrected chi connectivity index (χ3v) is 7.82. The van der Waals surface area contributed by atoms with Gasteiger partial charge in [-0.2, -0.15) is 0 Å². The van der Waals surface area contributed by atoms with E-state index in [1.54, 1.807) is 0 Å². The smallest absolute Gasteiger partial charge is 0.136 e. The lowest BCUT2D eigenvalue weighted by molar-refractivity contribution is -0.0372. The summed E-state index contributed by atoms with van der Waals surface area (Å²) in [6.45, 7) is 7.27. The molecule has 3 aliphatic rings. The molecule has 0 amide bonds. The zero-order valence-electron chi connectivity index (χ0n) is 15.1. The van der Waals surface area contributed by atoms with Gasteiger partial charge in [0.15, 0.2) is 0 Å². The fourth-order valence-corrected chi connectivity index (χ4v) is 5.62. The Hall–Kier alpha value is -0.0700. The van der Waals surface area contributed by atoms with E-state index in [0.29, 0.717) is 0 Å². The van der Waals surface area contributed by atoms with Crippen molar-refractivity contribution in [3.63, 3.8) is 0 Å². The highest BCUT2D eigenvalue weighted by atomic mass is 79.9.